The van der Waals surface area contributed by atoms with E-state index in [2.05, 4.69) is 5.32 Å². The van der Waals surface area contributed by atoms with Gasteiger partial charge in [-0.3, -0.25) is 9.59 Å². The number of Topliss-reactive ketones (excluding diaryl/α,β-unsaturated/α-hetero) is 1. The molecule has 2 rings (SSSR count). The van der Waals surface area contributed by atoms with E-state index in [1.54, 1.807) is 43.3 Å². The number of carbonyl (C=O) groups is 2. The molecule has 0 aliphatic carbocycles. The van der Waals surface area contributed by atoms with Gasteiger partial charge in [0.15, 0.2) is 5.78 Å². The molecule has 3 N–H and O–H groups in total. The molecule has 22 heavy (non-hydrogen) atoms. The fourth-order valence-corrected chi connectivity index (χ4v) is 2.07. The fourth-order valence-electron chi connectivity index (χ4n) is 2.07. The van der Waals surface area contributed by atoms with Gasteiger partial charge in [0.05, 0.1) is 5.57 Å². The van der Waals surface area contributed by atoms with Crippen molar-refractivity contribution in [2.75, 3.05) is 11.1 Å². The third kappa shape index (κ3) is 3.41. The predicted molar refractivity (Wildman–Crippen MR) is 88.8 cm³/mol. The van der Waals surface area contributed by atoms with Crippen molar-refractivity contribution in [2.45, 2.75) is 13.8 Å². The van der Waals surface area contributed by atoms with Crippen LogP contribution in [-0.2, 0) is 4.79 Å². The van der Waals surface area contributed by atoms with E-state index in [4.69, 9.17) is 5.73 Å². The maximum absolute atomic E-state index is 12.4. The number of benzene rings is 2. The predicted octanol–water partition coefficient (Wildman–Crippen LogP) is 3.34. The van der Waals surface area contributed by atoms with E-state index >= 15 is 0 Å². The van der Waals surface area contributed by atoms with E-state index in [9.17, 15) is 9.59 Å². The Labute approximate surface area is 129 Å². The van der Waals surface area contributed by atoms with Crippen molar-refractivity contribution < 1.29 is 9.59 Å². The highest BCUT2D eigenvalue weighted by molar-refractivity contribution is 6.28. The number of ketones is 1. The highest BCUT2D eigenvalue weighted by atomic mass is 16.2. The van der Waals surface area contributed by atoms with Crippen LogP contribution in [0.3, 0.4) is 0 Å². The van der Waals surface area contributed by atoms with Crippen LogP contribution in [0.5, 0.6) is 0 Å². The minimum atomic E-state index is -0.440. The molecular formula is C18H18N2O2. The molecular weight excluding hydrogens is 276 g/mol. The molecule has 2 aromatic rings. The minimum absolute atomic E-state index is 0.105. The van der Waals surface area contributed by atoms with Crippen LogP contribution >= 0.6 is 0 Å². The molecule has 0 bridgehead atoms. The van der Waals surface area contributed by atoms with Crippen LogP contribution < -0.4 is 11.1 Å². The van der Waals surface area contributed by atoms with Gasteiger partial charge in [-0.05, 0) is 31.5 Å². The zero-order chi connectivity index (χ0) is 16.1. The lowest BCUT2D eigenvalue weighted by molar-refractivity contribution is -0.112. The molecule has 0 aliphatic rings. The number of hydrogen-bond donors (Lipinski definition) is 2. The van der Waals surface area contributed by atoms with E-state index in [1.807, 2.05) is 19.1 Å². The first-order chi connectivity index (χ1) is 10.5. The SMILES string of the molecule is C/C=C(/C(=O)Nc1cc(N)ccc1C)C(=O)c1ccccc1. The molecule has 0 saturated carbocycles. The van der Waals surface area contributed by atoms with Gasteiger partial charge < -0.3 is 11.1 Å². The lowest BCUT2D eigenvalue weighted by atomic mass is 10.0. The smallest absolute Gasteiger partial charge is 0.259 e. The molecule has 0 unspecified atom stereocenters. The summed E-state index contributed by atoms with van der Waals surface area (Å²) in [5.41, 5.74) is 8.35. The highest BCUT2D eigenvalue weighted by Crippen LogP contribution is 2.19. The molecule has 0 heterocycles. The number of hydrogen-bond acceptors (Lipinski definition) is 3. The van der Waals surface area contributed by atoms with E-state index in [0.29, 0.717) is 16.9 Å². The number of carbonyl (C=O) groups excluding carboxylic acids is 2. The summed E-state index contributed by atoms with van der Waals surface area (Å²) in [5, 5.41) is 2.74. The van der Waals surface area contributed by atoms with Crippen molar-refractivity contribution >= 4 is 23.1 Å². The molecule has 0 spiro atoms. The van der Waals surface area contributed by atoms with E-state index < -0.39 is 5.91 Å². The molecule has 0 saturated heterocycles. The second kappa shape index (κ2) is 6.72. The minimum Gasteiger partial charge on any atom is -0.399 e. The van der Waals surface area contributed by atoms with Crippen LogP contribution in [0.15, 0.2) is 60.2 Å². The Morgan fingerprint density at radius 1 is 1.09 bits per heavy atom. The molecule has 1 amide bonds. The lowest BCUT2D eigenvalue weighted by Crippen LogP contribution is -2.21. The Morgan fingerprint density at radius 2 is 1.77 bits per heavy atom. The highest BCUT2D eigenvalue weighted by Gasteiger charge is 2.19. The molecule has 112 valence electrons. The normalized spacial score (nSPS) is 11.1. The first-order valence-corrected chi connectivity index (χ1v) is 6.96. The van der Waals surface area contributed by atoms with Gasteiger partial charge >= 0.3 is 0 Å². The second-order valence-electron chi connectivity index (χ2n) is 4.93. The summed E-state index contributed by atoms with van der Waals surface area (Å²) in [6, 6.07) is 14.0. The molecule has 2 aromatic carbocycles. The van der Waals surface area contributed by atoms with Crippen LogP contribution in [-0.4, -0.2) is 11.7 Å². The average Bonchev–Trinajstić information content (AvgIpc) is 2.52. The van der Waals surface area contributed by atoms with Crippen molar-refractivity contribution in [3.05, 3.63) is 71.3 Å². The van der Waals surface area contributed by atoms with Crippen LogP contribution in [0.4, 0.5) is 11.4 Å². The maximum atomic E-state index is 12.4. The average molecular weight is 294 g/mol. The second-order valence-corrected chi connectivity index (χ2v) is 4.93. The number of rotatable bonds is 4. The van der Waals surface area contributed by atoms with Crippen molar-refractivity contribution in [3.63, 3.8) is 0 Å². The molecule has 4 nitrogen and oxygen atoms in total. The van der Waals surface area contributed by atoms with Gasteiger partial charge in [0, 0.05) is 16.9 Å². The Hall–Kier alpha value is -2.88. The molecule has 0 fully saturated rings. The number of nitrogen functional groups attached to an aromatic ring is 1. The zero-order valence-electron chi connectivity index (χ0n) is 12.6. The van der Waals surface area contributed by atoms with E-state index in [1.165, 1.54) is 6.08 Å². The van der Waals surface area contributed by atoms with Crippen molar-refractivity contribution in [3.8, 4) is 0 Å². The molecule has 0 radical (unpaired) electrons. The van der Waals surface area contributed by atoms with Crippen LogP contribution in [0.2, 0.25) is 0 Å². The number of nitrogens with two attached hydrogens (primary N) is 1. The van der Waals surface area contributed by atoms with Crippen LogP contribution in [0.25, 0.3) is 0 Å². The molecule has 0 atom stereocenters. The Morgan fingerprint density at radius 3 is 2.41 bits per heavy atom. The number of anilines is 2. The summed E-state index contributed by atoms with van der Waals surface area (Å²) in [6.07, 6.45) is 1.52. The number of aryl methyl sites for hydroxylation is 1. The number of allylic oxidation sites excluding steroid dienone is 1. The lowest BCUT2D eigenvalue weighted by Gasteiger charge is -2.11. The van der Waals surface area contributed by atoms with Gasteiger partial charge in [0.25, 0.3) is 5.91 Å². The zero-order valence-corrected chi connectivity index (χ0v) is 12.6. The van der Waals surface area contributed by atoms with Crippen molar-refractivity contribution in [2.24, 2.45) is 0 Å². The summed E-state index contributed by atoms with van der Waals surface area (Å²) in [7, 11) is 0. The van der Waals surface area contributed by atoms with Gasteiger partial charge in [-0.15, -0.1) is 0 Å². The number of nitrogens with one attached hydrogen (secondary N) is 1. The van der Waals surface area contributed by atoms with Crippen LogP contribution in [0.1, 0.15) is 22.8 Å². The monoisotopic (exact) mass is 294 g/mol. The first-order valence-electron chi connectivity index (χ1n) is 6.96. The molecule has 0 aliphatic heterocycles. The Balaban J connectivity index is 2.23. The third-order valence-electron chi connectivity index (χ3n) is 3.32. The molecule has 4 heteroatoms. The van der Waals surface area contributed by atoms with Crippen molar-refractivity contribution in [1.82, 2.24) is 0 Å². The summed E-state index contributed by atoms with van der Waals surface area (Å²) < 4.78 is 0. The van der Waals surface area contributed by atoms with Gasteiger partial charge in [-0.25, -0.2) is 0 Å². The quantitative estimate of drug-likeness (QED) is 0.299. The first kappa shape index (κ1) is 15.5. The standard InChI is InChI=1S/C18H18N2O2/c1-3-15(17(21)13-7-5-4-6-8-13)18(22)20-16-11-14(19)10-9-12(16)2/h3-11H,19H2,1-2H3,(H,20,22)/b15-3+. The maximum Gasteiger partial charge on any atom is 0.259 e. The number of amides is 1. The van der Waals surface area contributed by atoms with Gasteiger partial charge in [-0.2, -0.15) is 0 Å². The third-order valence-corrected chi connectivity index (χ3v) is 3.32. The van der Waals surface area contributed by atoms with Crippen molar-refractivity contribution in [1.29, 1.82) is 0 Å². The largest absolute Gasteiger partial charge is 0.399 e. The van der Waals surface area contributed by atoms with E-state index in [-0.39, 0.29) is 11.4 Å². The van der Waals surface area contributed by atoms with Gasteiger partial charge in [-0.1, -0.05) is 42.5 Å². The Bertz CT molecular complexity index is 734. The summed E-state index contributed by atoms with van der Waals surface area (Å²) >= 11 is 0. The fraction of sp³-hybridized carbons (Fsp3) is 0.111. The van der Waals surface area contributed by atoms with Gasteiger partial charge in [0.1, 0.15) is 0 Å². The summed E-state index contributed by atoms with van der Waals surface area (Å²) in [6.45, 7) is 3.53. The van der Waals surface area contributed by atoms with E-state index in [0.717, 1.165) is 5.56 Å². The van der Waals surface area contributed by atoms with Crippen LogP contribution in [0, 0.1) is 6.92 Å². The summed E-state index contributed by atoms with van der Waals surface area (Å²) in [5.74, 6) is -0.743. The molecule has 0 aromatic heterocycles. The Kier molecular flexibility index (Phi) is 4.73. The summed E-state index contributed by atoms with van der Waals surface area (Å²) in [4.78, 5) is 24.8. The topological polar surface area (TPSA) is 72.2 Å². The van der Waals surface area contributed by atoms with Gasteiger partial charge in [0.2, 0.25) is 0 Å².